The van der Waals surface area contributed by atoms with E-state index in [1.807, 2.05) is 58.4 Å². The maximum absolute atomic E-state index is 12.0. The molecule has 2 heterocycles. The Morgan fingerprint density at radius 3 is 1.35 bits per heavy atom. The molecule has 0 aliphatic carbocycles. The number of hydrogen-bond donors (Lipinski definition) is 2. The molecular weight excluding hydrogens is 580 g/mol. The molecule has 0 spiro atoms. The number of carboxylic acids is 2. The van der Waals surface area contributed by atoms with Crippen LogP contribution < -0.4 is 0 Å². The Morgan fingerprint density at radius 1 is 0.652 bits per heavy atom. The lowest BCUT2D eigenvalue weighted by molar-refractivity contribution is -0.129. The fourth-order valence-electron chi connectivity index (χ4n) is 5.43. The van der Waals surface area contributed by atoms with Crippen LogP contribution in [0.15, 0.2) is 97.1 Å². The van der Waals surface area contributed by atoms with Crippen LogP contribution >= 0.6 is 0 Å². The van der Waals surface area contributed by atoms with Crippen molar-refractivity contribution in [2.45, 2.75) is 77.3 Å². The van der Waals surface area contributed by atoms with Gasteiger partial charge in [-0.3, -0.25) is 9.59 Å². The van der Waals surface area contributed by atoms with E-state index in [1.165, 1.54) is 0 Å². The normalized spacial score (nSPS) is 18.4. The summed E-state index contributed by atoms with van der Waals surface area (Å²) < 4.78 is 0. The van der Waals surface area contributed by atoms with Gasteiger partial charge >= 0.3 is 11.9 Å². The second-order valence-electron chi connectivity index (χ2n) is 11.3. The number of carbonyl (C=O) groups excluding carboxylic acids is 2. The first-order valence-corrected chi connectivity index (χ1v) is 16.1. The van der Waals surface area contributed by atoms with Crippen molar-refractivity contribution < 1.29 is 29.4 Å². The molecule has 8 nitrogen and oxygen atoms in total. The van der Waals surface area contributed by atoms with Gasteiger partial charge in [0.2, 0.25) is 11.8 Å². The lowest BCUT2D eigenvalue weighted by Gasteiger charge is -2.22. The molecule has 8 heteroatoms. The zero-order valence-electron chi connectivity index (χ0n) is 26.9. The van der Waals surface area contributed by atoms with Crippen molar-refractivity contribution in [1.29, 1.82) is 0 Å². The van der Waals surface area contributed by atoms with Crippen molar-refractivity contribution in [2.75, 3.05) is 13.1 Å². The van der Waals surface area contributed by atoms with Crippen LogP contribution in [0.1, 0.15) is 84.2 Å². The molecule has 4 rings (SSSR count). The van der Waals surface area contributed by atoms with Gasteiger partial charge in [-0.2, -0.15) is 0 Å². The van der Waals surface area contributed by atoms with Gasteiger partial charge in [-0.25, -0.2) is 9.59 Å². The van der Waals surface area contributed by atoms with Crippen molar-refractivity contribution in [3.05, 3.63) is 119 Å². The highest BCUT2D eigenvalue weighted by Gasteiger charge is 2.29. The summed E-state index contributed by atoms with van der Waals surface area (Å²) in [4.78, 5) is 49.6. The molecule has 0 aromatic heterocycles. The van der Waals surface area contributed by atoms with Crippen LogP contribution in [-0.2, 0) is 22.4 Å². The average molecular weight is 627 g/mol. The van der Waals surface area contributed by atoms with Gasteiger partial charge in [0.15, 0.2) is 0 Å². The molecule has 2 saturated heterocycles. The van der Waals surface area contributed by atoms with Gasteiger partial charge in [-0.15, -0.1) is 0 Å². The second kappa shape index (κ2) is 18.9. The highest BCUT2D eigenvalue weighted by molar-refractivity contribution is 5.88. The number of rotatable bonds is 14. The van der Waals surface area contributed by atoms with Crippen molar-refractivity contribution in [3.63, 3.8) is 0 Å². The molecule has 2 atom stereocenters. The minimum atomic E-state index is -0.920. The predicted octanol–water partition coefficient (Wildman–Crippen LogP) is 6.88. The molecule has 2 amide bonds. The zero-order chi connectivity index (χ0) is 33.3. The number of nitrogens with zero attached hydrogens (tertiary/aromatic N) is 2. The molecule has 0 bridgehead atoms. The summed E-state index contributed by atoms with van der Waals surface area (Å²) in [6.07, 6.45) is 22.8. The Morgan fingerprint density at radius 2 is 1.02 bits per heavy atom. The Kier molecular flexibility index (Phi) is 14.7. The Balaban J connectivity index is 0.000000250. The molecule has 2 aliphatic heterocycles. The number of likely N-dealkylation sites (tertiary alicyclic amines) is 2. The van der Waals surface area contributed by atoms with Gasteiger partial charge < -0.3 is 20.0 Å². The zero-order valence-corrected chi connectivity index (χ0v) is 26.9. The van der Waals surface area contributed by atoms with Gasteiger partial charge in [0.05, 0.1) is 23.2 Å². The minimum Gasteiger partial charge on any atom is -0.478 e. The number of hydrogen-bond acceptors (Lipinski definition) is 4. The molecular formula is C38H46N2O6. The van der Waals surface area contributed by atoms with Crippen LogP contribution in [0.3, 0.4) is 0 Å². The maximum atomic E-state index is 12.0. The van der Waals surface area contributed by atoms with E-state index in [1.54, 1.807) is 24.3 Å². The van der Waals surface area contributed by atoms with Gasteiger partial charge in [0.25, 0.3) is 0 Å². The second-order valence-corrected chi connectivity index (χ2v) is 11.3. The summed E-state index contributed by atoms with van der Waals surface area (Å²) in [6.45, 7) is 5.51. The van der Waals surface area contributed by atoms with E-state index in [-0.39, 0.29) is 35.0 Å². The Bertz CT molecular complexity index is 1310. The molecule has 2 N–H and O–H groups in total. The fourth-order valence-corrected chi connectivity index (χ4v) is 5.43. The van der Waals surface area contributed by atoms with Crippen molar-refractivity contribution >= 4 is 23.8 Å². The molecule has 0 unspecified atom stereocenters. The van der Waals surface area contributed by atoms with Crippen molar-refractivity contribution in [3.8, 4) is 0 Å². The average Bonchev–Trinajstić information content (AvgIpc) is 3.60. The number of allylic oxidation sites excluding steroid dienone is 6. The van der Waals surface area contributed by atoms with Crippen molar-refractivity contribution in [2.24, 2.45) is 0 Å². The smallest absolute Gasteiger partial charge is 0.335 e. The third-order valence-corrected chi connectivity index (χ3v) is 8.07. The fraction of sp³-hybridized carbons (Fsp3) is 0.368. The lowest BCUT2D eigenvalue weighted by Crippen LogP contribution is -2.33. The largest absolute Gasteiger partial charge is 0.478 e. The highest BCUT2D eigenvalue weighted by Crippen LogP contribution is 2.22. The number of benzene rings is 2. The summed E-state index contributed by atoms with van der Waals surface area (Å²) in [5, 5.41) is 17.8. The number of carbonyl (C=O) groups is 4. The molecule has 46 heavy (non-hydrogen) atoms. The van der Waals surface area contributed by atoms with E-state index in [4.69, 9.17) is 10.2 Å². The van der Waals surface area contributed by atoms with E-state index in [2.05, 4.69) is 38.2 Å². The number of aromatic carboxylic acids is 2. The van der Waals surface area contributed by atoms with E-state index in [9.17, 15) is 19.2 Å². The summed E-state index contributed by atoms with van der Waals surface area (Å²) in [7, 11) is 0. The summed E-state index contributed by atoms with van der Waals surface area (Å²) >= 11 is 0. The standard InChI is InChI=1S/2C19H23NO3/c2*1-2-3-4-5-6-17-11-12-18(21)20(17)14-13-15-7-9-16(10-8-15)19(22)23/h2*3-10,17H,2,11-14H2,1H3,(H,22,23)/b4-3-,6-5+;4-3-,6-5-/t2*17-/m00/s1. The van der Waals surface area contributed by atoms with Crippen LogP contribution in [0.5, 0.6) is 0 Å². The topological polar surface area (TPSA) is 115 Å². The SMILES string of the molecule is CC/C=C\C=C/[C@H]1CCC(=O)N1CCc1ccc(C(=O)O)cc1.CC/C=C\C=C\[C@H]1CCC(=O)N1CCc1ccc(C(=O)O)cc1. The van der Waals surface area contributed by atoms with Gasteiger partial charge in [0, 0.05) is 25.9 Å². The van der Waals surface area contributed by atoms with Crippen molar-refractivity contribution in [1.82, 2.24) is 9.80 Å². The van der Waals surface area contributed by atoms with Crippen LogP contribution in [0.2, 0.25) is 0 Å². The summed E-state index contributed by atoms with van der Waals surface area (Å²) in [6, 6.07) is 14.0. The van der Waals surface area contributed by atoms with Crippen LogP contribution in [0.4, 0.5) is 0 Å². The van der Waals surface area contributed by atoms with Gasteiger partial charge in [-0.1, -0.05) is 86.7 Å². The monoisotopic (exact) mass is 626 g/mol. The molecule has 0 saturated carbocycles. The van der Waals surface area contributed by atoms with Crippen LogP contribution in [-0.4, -0.2) is 68.9 Å². The summed E-state index contributed by atoms with van der Waals surface area (Å²) in [5.41, 5.74) is 2.66. The summed E-state index contributed by atoms with van der Waals surface area (Å²) in [5.74, 6) is -1.45. The Hall–Kier alpha value is -4.72. The maximum Gasteiger partial charge on any atom is 0.335 e. The van der Waals surface area contributed by atoms with Gasteiger partial charge in [-0.05, 0) is 73.9 Å². The third kappa shape index (κ3) is 11.3. The molecule has 2 aromatic rings. The lowest BCUT2D eigenvalue weighted by atomic mass is 10.1. The number of carboxylic acid groups (broad SMARTS) is 2. The van der Waals surface area contributed by atoms with Crippen LogP contribution in [0, 0.1) is 0 Å². The molecule has 2 aromatic carbocycles. The molecule has 0 radical (unpaired) electrons. The van der Waals surface area contributed by atoms with E-state index < -0.39 is 11.9 Å². The number of amides is 2. The third-order valence-electron chi connectivity index (χ3n) is 8.07. The van der Waals surface area contributed by atoms with Gasteiger partial charge in [0.1, 0.15) is 0 Å². The van der Waals surface area contributed by atoms with E-state index in [0.29, 0.717) is 25.9 Å². The van der Waals surface area contributed by atoms with E-state index in [0.717, 1.165) is 49.7 Å². The predicted molar refractivity (Wildman–Crippen MR) is 181 cm³/mol. The quantitative estimate of drug-likeness (QED) is 0.221. The molecule has 2 aliphatic rings. The first-order valence-electron chi connectivity index (χ1n) is 16.1. The highest BCUT2D eigenvalue weighted by atomic mass is 16.4. The molecule has 2 fully saturated rings. The first-order chi connectivity index (χ1) is 22.2. The first kappa shape index (κ1) is 35.8. The Labute approximate surface area is 272 Å². The minimum absolute atomic E-state index is 0.169. The van der Waals surface area contributed by atoms with Crippen LogP contribution in [0.25, 0.3) is 0 Å². The van der Waals surface area contributed by atoms with E-state index >= 15 is 0 Å². The molecule has 244 valence electrons.